The van der Waals surface area contributed by atoms with E-state index in [9.17, 15) is 4.79 Å². The number of carbonyl (C=O) groups excluding carboxylic acids is 1. The van der Waals surface area contributed by atoms with E-state index in [0.717, 1.165) is 40.5 Å². The molecule has 0 spiro atoms. The van der Waals surface area contributed by atoms with Gasteiger partial charge in [0.05, 0.1) is 12.2 Å². The first-order valence-electron chi connectivity index (χ1n) is 9.87. The molecule has 3 rings (SSSR count). The molecule has 1 saturated heterocycles. The zero-order valence-electron chi connectivity index (χ0n) is 17.4. The van der Waals surface area contributed by atoms with Crippen molar-refractivity contribution in [1.82, 2.24) is 4.90 Å². The Hall–Kier alpha value is -2.44. The summed E-state index contributed by atoms with van der Waals surface area (Å²) >= 11 is 5.66. The van der Waals surface area contributed by atoms with Crippen LogP contribution in [0.3, 0.4) is 0 Å². The van der Waals surface area contributed by atoms with E-state index in [1.807, 2.05) is 56.3 Å². The van der Waals surface area contributed by atoms with Gasteiger partial charge in [0.15, 0.2) is 6.61 Å². The Bertz CT molecular complexity index is 872. The number of carbonyl (C=O) groups is 1. The van der Waals surface area contributed by atoms with Crippen LogP contribution >= 0.6 is 12.2 Å². The Morgan fingerprint density at radius 3 is 2.45 bits per heavy atom. The van der Waals surface area contributed by atoms with E-state index in [1.165, 1.54) is 0 Å². The van der Waals surface area contributed by atoms with Gasteiger partial charge in [0.25, 0.3) is 5.91 Å². The molecule has 2 aromatic rings. The maximum absolute atomic E-state index is 12.2. The summed E-state index contributed by atoms with van der Waals surface area (Å²) in [6.45, 7) is 9.67. The van der Waals surface area contributed by atoms with Crippen LogP contribution in [-0.4, -0.2) is 47.7 Å². The van der Waals surface area contributed by atoms with Crippen molar-refractivity contribution in [3.8, 4) is 5.75 Å². The van der Waals surface area contributed by atoms with Crippen molar-refractivity contribution in [3.05, 3.63) is 59.2 Å². The monoisotopic (exact) mass is 412 g/mol. The van der Waals surface area contributed by atoms with Gasteiger partial charge in [-0.3, -0.25) is 4.79 Å². The molecule has 0 aliphatic carbocycles. The molecule has 2 atom stereocenters. The SMILES string of the molecule is Cc1cccc(NC(=O)COc2ccc(C(=S)N3C[C@@H](C)O[C@@H](C)C3)cc2)c1C. The Labute approximate surface area is 178 Å². The van der Waals surface area contributed by atoms with Crippen molar-refractivity contribution in [2.75, 3.05) is 25.0 Å². The zero-order chi connectivity index (χ0) is 21.0. The van der Waals surface area contributed by atoms with Crippen molar-refractivity contribution in [2.45, 2.75) is 39.9 Å². The van der Waals surface area contributed by atoms with Gasteiger partial charge in [-0.25, -0.2) is 0 Å². The lowest BCUT2D eigenvalue weighted by Crippen LogP contribution is -2.47. The number of nitrogens with zero attached hydrogens (tertiary/aromatic N) is 1. The van der Waals surface area contributed by atoms with Gasteiger partial charge in [-0.05, 0) is 69.2 Å². The molecule has 0 radical (unpaired) electrons. The number of hydrogen-bond acceptors (Lipinski definition) is 4. The first-order valence-corrected chi connectivity index (χ1v) is 10.3. The molecule has 1 heterocycles. The lowest BCUT2D eigenvalue weighted by atomic mass is 10.1. The number of amides is 1. The molecule has 1 aliphatic heterocycles. The van der Waals surface area contributed by atoms with Crippen LogP contribution < -0.4 is 10.1 Å². The average Bonchev–Trinajstić information content (AvgIpc) is 2.69. The first-order chi connectivity index (χ1) is 13.8. The predicted molar refractivity (Wildman–Crippen MR) is 120 cm³/mol. The fourth-order valence-corrected chi connectivity index (χ4v) is 3.73. The van der Waals surface area contributed by atoms with Gasteiger partial charge in [-0.2, -0.15) is 0 Å². The van der Waals surface area contributed by atoms with E-state index >= 15 is 0 Å². The van der Waals surface area contributed by atoms with Gasteiger partial charge in [0.1, 0.15) is 10.7 Å². The molecule has 154 valence electrons. The number of benzene rings is 2. The van der Waals surface area contributed by atoms with E-state index in [4.69, 9.17) is 21.7 Å². The Morgan fingerprint density at radius 2 is 1.79 bits per heavy atom. The van der Waals surface area contributed by atoms with Crippen LogP contribution in [0.1, 0.15) is 30.5 Å². The standard InChI is InChI=1S/C23H28N2O3S/c1-15-6-5-7-21(18(15)4)24-22(26)14-27-20-10-8-19(9-11-20)23(29)25-12-16(2)28-17(3)13-25/h5-11,16-17H,12-14H2,1-4H3,(H,24,26)/t16-,17+. The fraction of sp³-hybridized carbons (Fsp3) is 0.391. The highest BCUT2D eigenvalue weighted by molar-refractivity contribution is 7.80. The molecule has 1 fully saturated rings. The first kappa shape index (κ1) is 21.3. The fourth-order valence-electron chi connectivity index (χ4n) is 3.44. The number of anilines is 1. The van der Waals surface area contributed by atoms with E-state index in [2.05, 4.69) is 24.1 Å². The lowest BCUT2D eigenvalue weighted by Gasteiger charge is -2.37. The smallest absolute Gasteiger partial charge is 0.262 e. The number of hydrogen-bond donors (Lipinski definition) is 1. The summed E-state index contributed by atoms with van der Waals surface area (Å²) in [6, 6.07) is 13.4. The average molecular weight is 413 g/mol. The molecule has 0 unspecified atom stereocenters. The van der Waals surface area contributed by atoms with E-state index < -0.39 is 0 Å². The van der Waals surface area contributed by atoms with Crippen molar-refractivity contribution in [2.24, 2.45) is 0 Å². The molecule has 6 heteroatoms. The summed E-state index contributed by atoms with van der Waals surface area (Å²) in [4.78, 5) is 15.2. The van der Waals surface area contributed by atoms with Crippen LogP contribution in [-0.2, 0) is 9.53 Å². The Kier molecular flexibility index (Phi) is 6.87. The molecule has 0 bridgehead atoms. The van der Waals surface area contributed by atoms with Gasteiger partial charge >= 0.3 is 0 Å². The third kappa shape index (κ3) is 5.55. The number of ether oxygens (including phenoxy) is 2. The number of aryl methyl sites for hydroxylation is 1. The van der Waals surface area contributed by atoms with Crippen LogP contribution in [0.25, 0.3) is 0 Å². The van der Waals surface area contributed by atoms with Crippen LogP contribution in [0.4, 0.5) is 5.69 Å². The highest BCUT2D eigenvalue weighted by atomic mass is 32.1. The minimum atomic E-state index is -0.186. The van der Waals surface area contributed by atoms with Gasteiger partial charge in [-0.1, -0.05) is 24.4 Å². The van der Waals surface area contributed by atoms with Crippen LogP contribution in [0, 0.1) is 13.8 Å². The largest absolute Gasteiger partial charge is 0.484 e. The highest BCUT2D eigenvalue weighted by Crippen LogP contribution is 2.19. The number of thiocarbonyl (C=S) groups is 1. The van der Waals surface area contributed by atoms with Crippen molar-refractivity contribution in [3.63, 3.8) is 0 Å². The van der Waals surface area contributed by atoms with Gasteiger partial charge < -0.3 is 19.7 Å². The summed E-state index contributed by atoms with van der Waals surface area (Å²) in [5.41, 5.74) is 3.98. The molecular formula is C23H28N2O3S. The number of morpholine rings is 1. The summed E-state index contributed by atoms with van der Waals surface area (Å²) in [6.07, 6.45) is 0.324. The van der Waals surface area contributed by atoms with E-state index in [1.54, 1.807) is 0 Å². The molecule has 5 nitrogen and oxygen atoms in total. The van der Waals surface area contributed by atoms with Crippen LogP contribution in [0.5, 0.6) is 5.75 Å². The second-order valence-corrected chi connectivity index (χ2v) is 7.96. The molecule has 0 aromatic heterocycles. The molecule has 1 N–H and O–H groups in total. The predicted octanol–water partition coefficient (Wildman–Crippen LogP) is 4.11. The van der Waals surface area contributed by atoms with Crippen LogP contribution in [0.2, 0.25) is 0 Å². The summed E-state index contributed by atoms with van der Waals surface area (Å²) in [5.74, 6) is 0.450. The second-order valence-electron chi connectivity index (χ2n) is 7.58. The third-order valence-electron chi connectivity index (χ3n) is 5.06. The molecule has 1 amide bonds. The van der Waals surface area contributed by atoms with Crippen molar-refractivity contribution >= 4 is 28.8 Å². The molecule has 1 aliphatic rings. The minimum Gasteiger partial charge on any atom is -0.484 e. The van der Waals surface area contributed by atoms with Crippen molar-refractivity contribution in [1.29, 1.82) is 0 Å². The lowest BCUT2D eigenvalue weighted by molar-refractivity contribution is -0.118. The molecule has 29 heavy (non-hydrogen) atoms. The molecule has 2 aromatic carbocycles. The van der Waals surface area contributed by atoms with Gasteiger partial charge in [0.2, 0.25) is 0 Å². The second kappa shape index (κ2) is 9.37. The topological polar surface area (TPSA) is 50.8 Å². The zero-order valence-corrected chi connectivity index (χ0v) is 18.2. The maximum atomic E-state index is 12.2. The van der Waals surface area contributed by atoms with Gasteiger partial charge in [-0.15, -0.1) is 0 Å². The summed E-state index contributed by atoms with van der Waals surface area (Å²) < 4.78 is 11.4. The molecular weight excluding hydrogens is 384 g/mol. The van der Waals surface area contributed by atoms with E-state index in [-0.39, 0.29) is 24.7 Å². The Morgan fingerprint density at radius 1 is 1.14 bits per heavy atom. The number of nitrogens with one attached hydrogen (secondary N) is 1. The van der Waals surface area contributed by atoms with E-state index in [0.29, 0.717) is 5.75 Å². The quantitative estimate of drug-likeness (QED) is 0.749. The summed E-state index contributed by atoms with van der Waals surface area (Å²) in [5, 5.41) is 2.90. The molecule has 0 saturated carbocycles. The Balaban J connectivity index is 1.54. The van der Waals surface area contributed by atoms with Crippen LogP contribution in [0.15, 0.2) is 42.5 Å². The minimum absolute atomic E-state index is 0.0460. The normalized spacial score (nSPS) is 19.0. The van der Waals surface area contributed by atoms with Gasteiger partial charge in [0, 0.05) is 24.3 Å². The maximum Gasteiger partial charge on any atom is 0.262 e. The number of rotatable bonds is 5. The highest BCUT2D eigenvalue weighted by Gasteiger charge is 2.24. The summed E-state index contributed by atoms with van der Waals surface area (Å²) in [7, 11) is 0. The third-order valence-corrected chi connectivity index (χ3v) is 5.55. The van der Waals surface area contributed by atoms with Crippen molar-refractivity contribution < 1.29 is 14.3 Å².